The molecule has 0 saturated carbocycles. The fraction of sp³-hybridized carbons (Fsp3) is 0.429. The maximum atomic E-state index is 12.7. The molecule has 0 radical (unpaired) electrons. The first-order chi connectivity index (χ1) is 10.4. The molecule has 0 spiro atoms. The summed E-state index contributed by atoms with van der Waals surface area (Å²) in [6.07, 6.45) is 1.42. The van der Waals surface area contributed by atoms with Gasteiger partial charge >= 0.3 is 5.69 Å². The summed E-state index contributed by atoms with van der Waals surface area (Å²) in [5.74, 6) is 0. The van der Waals surface area contributed by atoms with Gasteiger partial charge in [-0.05, 0) is 31.0 Å². The molecule has 2 rings (SSSR count). The van der Waals surface area contributed by atoms with Gasteiger partial charge in [0, 0.05) is 13.1 Å². The average molecular weight is 325 g/mol. The number of nitrogens with one attached hydrogen (secondary N) is 2. The van der Waals surface area contributed by atoms with Gasteiger partial charge in [0.25, 0.3) is 5.56 Å². The quantitative estimate of drug-likeness (QED) is 0.827. The van der Waals surface area contributed by atoms with E-state index in [1.807, 2.05) is 13.8 Å². The molecule has 7 nitrogen and oxygen atoms in total. The average Bonchev–Trinajstić information content (AvgIpc) is 2.46. The summed E-state index contributed by atoms with van der Waals surface area (Å²) in [4.78, 5) is 27.7. The zero-order chi connectivity index (χ0) is 16.3. The number of fused-ring (bicyclic) bond motifs is 1. The molecule has 0 aliphatic heterocycles. The Labute approximate surface area is 128 Å². The number of sulfonamides is 1. The third-order valence-electron chi connectivity index (χ3n) is 3.29. The molecular formula is C14H19N3O4S. The van der Waals surface area contributed by atoms with Gasteiger partial charge in [-0.25, -0.2) is 13.2 Å². The molecule has 0 saturated heterocycles. The number of H-pyrrole nitrogens is 2. The van der Waals surface area contributed by atoms with Crippen LogP contribution < -0.4 is 11.2 Å². The second-order valence-electron chi connectivity index (χ2n) is 5.02. The van der Waals surface area contributed by atoms with Crippen LogP contribution in [0.25, 0.3) is 10.9 Å². The topological polar surface area (TPSA) is 103 Å². The summed E-state index contributed by atoms with van der Waals surface area (Å²) in [5.41, 5.74) is -0.912. The molecule has 22 heavy (non-hydrogen) atoms. The molecule has 1 heterocycles. The minimum Gasteiger partial charge on any atom is -0.307 e. The van der Waals surface area contributed by atoms with Gasteiger partial charge in [-0.1, -0.05) is 13.8 Å². The summed E-state index contributed by atoms with van der Waals surface area (Å²) in [7, 11) is -3.66. The van der Waals surface area contributed by atoms with Crippen LogP contribution in [0, 0.1) is 0 Å². The van der Waals surface area contributed by atoms with Gasteiger partial charge in [0.2, 0.25) is 10.0 Å². The molecule has 1 aromatic carbocycles. The van der Waals surface area contributed by atoms with Crippen LogP contribution in [0.3, 0.4) is 0 Å². The predicted octanol–water partition coefficient (Wildman–Crippen LogP) is 1.03. The second-order valence-corrected chi connectivity index (χ2v) is 6.96. The van der Waals surface area contributed by atoms with Crippen molar-refractivity contribution in [2.24, 2.45) is 0 Å². The molecule has 0 unspecified atom stereocenters. The van der Waals surface area contributed by atoms with Gasteiger partial charge in [0.15, 0.2) is 0 Å². The summed E-state index contributed by atoms with van der Waals surface area (Å²) in [6.45, 7) is 4.68. The Kier molecular flexibility index (Phi) is 4.82. The molecule has 8 heteroatoms. The van der Waals surface area contributed by atoms with Crippen molar-refractivity contribution < 1.29 is 8.42 Å². The van der Waals surface area contributed by atoms with Crippen molar-refractivity contribution in [2.75, 3.05) is 13.1 Å². The zero-order valence-electron chi connectivity index (χ0n) is 12.5. The van der Waals surface area contributed by atoms with Crippen LogP contribution in [0.2, 0.25) is 0 Å². The highest BCUT2D eigenvalue weighted by molar-refractivity contribution is 7.89. The van der Waals surface area contributed by atoms with Crippen LogP contribution in [0.4, 0.5) is 0 Å². The number of aromatic nitrogens is 2. The van der Waals surface area contributed by atoms with E-state index in [1.54, 1.807) is 0 Å². The van der Waals surface area contributed by atoms with Crippen LogP contribution in [-0.2, 0) is 10.0 Å². The normalized spacial score (nSPS) is 12.1. The fourth-order valence-corrected chi connectivity index (χ4v) is 3.96. The standard InChI is InChI=1S/C14H19N3O4S/c1-3-7-17(8-4-2)22(20,21)10-5-6-12-11(9-10)13(18)16-14(19)15-12/h5-6,9H,3-4,7-8H2,1-2H3,(H2,15,16,18,19). The van der Waals surface area contributed by atoms with E-state index in [0.29, 0.717) is 31.4 Å². The number of rotatable bonds is 6. The van der Waals surface area contributed by atoms with Crippen LogP contribution in [0.15, 0.2) is 32.7 Å². The maximum Gasteiger partial charge on any atom is 0.326 e. The summed E-state index contributed by atoms with van der Waals surface area (Å²) < 4.78 is 26.8. The van der Waals surface area contributed by atoms with Crippen LogP contribution in [0.1, 0.15) is 26.7 Å². The van der Waals surface area contributed by atoms with Gasteiger partial charge in [0.1, 0.15) is 0 Å². The molecule has 0 fully saturated rings. The van der Waals surface area contributed by atoms with E-state index < -0.39 is 21.3 Å². The second kappa shape index (κ2) is 6.45. The van der Waals surface area contributed by atoms with Gasteiger partial charge in [0.05, 0.1) is 15.8 Å². The van der Waals surface area contributed by atoms with Crippen LogP contribution in [-0.4, -0.2) is 35.8 Å². The number of hydrogen-bond acceptors (Lipinski definition) is 4. The lowest BCUT2D eigenvalue weighted by Crippen LogP contribution is -2.32. The van der Waals surface area contributed by atoms with Crippen LogP contribution >= 0.6 is 0 Å². The Morgan fingerprint density at radius 3 is 2.27 bits per heavy atom. The Morgan fingerprint density at radius 2 is 1.68 bits per heavy atom. The molecule has 2 N–H and O–H groups in total. The van der Waals surface area contributed by atoms with E-state index in [1.165, 1.54) is 22.5 Å². The van der Waals surface area contributed by atoms with Gasteiger partial charge in [-0.15, -0.1) is 0 Å². The van der Waals surface area contributed by atoms with E-state index >= 15 is 0 Å². The third kappa shape index (κ3) is 3.12. The van der Waals surface area contributed by atoms with E-state index in [0.717, 1.165) is 0 Å². The highest BCUT2D eigenvalue weighted by Crippen LogP contribution is 2.19. The van der Waals surface area contributed by atoms with Crippen molar-refractivity contribution in [3.8, 4) is 0 Å². The minimum atomic E-state index is -3.66. The third-order valence-corrected chi connectivity index (χ3v) is 5.19. The smallest absolute Gasteiger partial charge is 0.307 e. The SMILES string of the molecule is CCCN(CCC)S(=O)(=O)c1ccc2[nH]c(=O)[nH]c(=O)c2c1. The number of aromatic amines is 2. The maximum absolute atomic E-state index is 12.7. The van der Waals surface area contributed by atoms with Crippen molar-refractivity contribution >= 4 is 20.9 Å². The first-order valence-corrected chi connectivity index (χ1v) is 8.60. The zero-order valence-corrected chi connectivity index (χ0v) is 13.4. The van der Waals surface area contributed by atoms with E-state index in [2.05, 4.69) is 9.97 Å². The minimum absolute atomic E-state index is 0.0550. The van der Waals surface area contributed by atoms with Crippen LogP contribution in [0.5, 0.6) is 0 Å². The van der Waals surface area contributed by atoms with Crippen molar-refractivity contribution in [1.82, 2.24) is 14.3 Å². The molecule has 120 valence electrons. The lowest BCUT2D eigenvalue weighted by molar-refractivity contribution is 0.410. The van der Waals surface area contributed by atoms with E-state index in [-0.39, 0.29) is 10.3 Å². The highest BCUT2D eigenvalue weighted by atomic mass is 32.2. The van der Waals surface area contributed by atoms with Crippen molar-refractivity contribution in [3.05, 3.63) is 39.0 Å². The molecular weight excluding hydrogens is 306 g/mol. The Morgan fingerprint density at radius 1 is 1.05 bits per heavy atom. The van der Waals surface area contributed by atoms with Crippen molar-refractivity contribution in [2.45, 2.75) is 31.6 Å². The largest absolute Gasteiger partial charge is 0.326 e. The number of nitrogens with zero attached hydrogens (tertiary/aromatic N) is 1. The number of hydrogen-bond donors (Lipinski definition) is 2. The molecule has 0 atom stereocenters. The Bertz CT molecular complexity index is 877. The Hall–Kier alpha value is -1.93. The summed E-state index contributed by atoms with van der Waals surface area (Å²) >= 11 is 0. The molecule has 0 bridgehead atoms. The summed E-state index contributed by atoms with van der Waals surface area (Å²) in [6, 6.07) is 4.15. The lowest BCUT2D eigenvalue weighted by atomic mass is 10.2. The molecule has 0 amide bonds. The summed E-state index contributed by atoms with van der Waals surface area (Å²) in [5, 5.41) is 0.147. The lowest BCUT2D eigenvalue weighted by Gasteiger charge is -2.21. The number of benzene rings is 1. The fourth-order valence-electron chi connectivity index (χ4n) is 2.30. The highest BCUT2D eigenvalue weighted by Gasteiger charge is 2.23. The van der Waals surface area contributed by atoms with Gasteiger partial charge in [-0.2, -0.15) is 4.31 Å². The van der Waals surface area contributed by atoms with Crippen molar-refractivity contribution in [1.29, 1.82) is 0 Å². The predicted molar refractivity (Wildman–Crippen MR) is 84.5 cm³/mol. The van der Waals surface area contributed by atoms with E-state index in [9.17, 15) is 18.0 Å². The van der Waals surface area contributed by atoms with Gasteiger partial charge < -0.3 is 4.98 Å². The molecule has 1 aromatic heterocycles. The van der Waals surface area contributed by atoms with Gasteiger partial charge in [-0.3, -0.25) is 9.78 Å². The van der Waals surface area contributed by atoms with E-state index in [4.69, 9.17) is 0 Å². The first-order valence-electron chi connectivity index (χ1n) is 7.16. The monoisotopic (exact) mass is 325 g/mol. The molecule has 2 aromatic rings. The Balaban J connectivity index is 2.58. The molecule has 0 aliphatic carbocycles. The first kappa shape index (κ1) is 16.4. The van der Waals surface area contributed by atoms with Crippen molar-refractivity contribution in [3.63, 3.8) is 0 Å². The molecule has 0 aliphatic rings.